The van der Waals surface area contributed by atoms with Crippen LogP contribution in [0.1, 0.15) is 33.6 Å². The molecule has 1 fully saturated rings. The summed E-state index contributed by atoms with van der Waals surface area (Å²) in [6.07, 6.45) is 4.75. The van der Waals surface area contributed by atoms with E-state index in [1.54, 1.807) is 5.57 Å². The fourth-order valence-corrected chi connectivity index (χ4v) is 3.16. The van der Waals surface area contributed by atoms with Gasteiger partial charge in [0.25, 0.3) is 0 Å². The molecule has 1 heterocycles. The highest BCUT2D eigenvalue weighted by atomic mass is 14.9. The zero-order valence-electron chi connectivity index (χ0n) is 9.56. The first-order valence-electron chi connectivity index (χ1n) is 5.64. The van der Waals surface area contributed by atoms with Crippen LogP contribution in [-0.4, -0.2) is 19.1 Å². The van der Waals surface area contributed by atoms with Crippen LogP contribution in [-0.2, 0) is 0 Å². The van der Waals surface area contributed by atoms with E-state index in [1.807, 2.05) is 0 Å². The van der Waals surface area contributed by atoms with Gasteiger partial charge in [0, 0.05) is 30.0 Å². The molecule has 0 aromatic carbocycles. The summed E-state index contributed by atoms with van der Waals surface area (Å²) < 4.78 is 0. The fraction of sp³-hybridized carbons (Fsp3) is 0.833. The van der Waals surface area contributed by atoms with Gasteiger partial charge < -0.3 is 11.1 Å². The van der Waals surface area contributed by atoms with E-state index in [4.69, 9.17) is 5.73 Å². The molecule has 2 heteroatoms. The normalized spacial score (nSPS) is 41.4. The molecule has 0 amide bonds. The Morgan fingerprint density at radius 3 is 2.86 bits per heavy atom. The van der Waals surface area contributed by atoms with Crippen molar-refractivity contribution in [1.29, 1.82) is 0 Å². The van der Waals surface area contributed by atoms with Crippen molar-refractivity contribution in [2.24, 2.45) is 16.6 Å². The second-order valence-corrected chi connectivity index (χ2v) is 5.68. The van der Waals surface area contributed by atoms with E-state index in [9.17, 15) is 0 Å². The van der Waals surface area contributed by atoms with Gasteiger partial charge in [-0.25, -0.2) is 0 Å². The fourth-order valence-electron chi connectivity index (χ4n) is 3.16. The SMILES string of the molecule is CC12CCC(N)C(C)(C)C1=CCNC2. The molecule has 0 aromatic heterocycles. The number of fused-ring (bicyclic) bond motifs is 1. The Morgan fingerprint density at radius 2 is 2.14 bits per heavy atom. The number of nitrogens with one attached hydrogen (secondary N) is 1. The van der Waals surface area contributed by atoms with Gasteiger partial charge in [0.1, 0.15) is 0 Å². The van der Waals surface area contributed by atoms with Crippen molar-refractivity contribution in [2.45, 2.75) is 39.7 Å². The number of nitrogens with two attached hydrogens (primary N) is 1. The van der Waals surface area contributed by atoms with Crippen molar-refractivity contribution in [3.63, 3.8) is 0 Å². The van der Waals surface area contributed by atoms with Crippen LogP contribution in [0, 0.1) is 10.8 Å². The molecule has 2 atom stereocenters. The summed E-state index contributed by atoms with van der Waals surface area (Å²) in [5.41, 5.74) is 8.35. The quantitative estimate of drug-likeness (QED) is 0.576. The maximum absolute atomic E-state index is 6.22. The molecule has 3 N–H and O–H groups in total. The van der Waals surface area contributed by atoms with Crippen molar-refractivity contribution in [3.8, 4) is 0 Å². The molecule has 0 saturated heterocycles. The van der Waals surface area contributed by atoms with Gasteiger partial charge in [0.2, 0.25) is 0 Å². The minimum absolute atomic E-state index is 0.190. The average Bonchev–Trinajstić information content (AvgIpc) is 2.13. The molecule has 0 aromatic rings. The summed E-state index contributed by atoms with van der Waals surface area (Å²) in [7, 11) is 0. The highest BCUT2D eigenvalue weighted by molar-refractivity contribution is 5.29. The summed E-state index contributed by atoms with van der Waals surface area (Å²) in [4.78, 5) is 0. The van der Waals surface area contributed by atoms with Crippen molar-refractivity contribution < 1.29 is 0 Å². The van der Waals surface area contributed by atoms with E-state index in [0.29, 0.717) is 11.5 Å². The lowest BCUT2D eigenvalue weighted by Gasteiger charge is -2.51. The van der Waals surface area contributed by atoms with Crippen molar-refractivity contribution in [1.82, 2.24) is 5.32 Å². The first kappa shape index (κ1) is 10.2. The van der Waals surface area contributed by atoms with Crippen LogP contribution >= 0.6 is 0 Å². The molecule has 2 nitrogen and oxygen atoms in total. The molecule has 1 aliphatic carbocycles. The smallest absolute Gasteiger partial charge is 0.0138 e. The molecule has 80 valence electrons. The number of hydrogen-bond donors (Lipinski definition) is 2. The van der Waals surface area contributed by atoms with Gasteiger partial charge in [-0.3, -0.25) is 0 Å². The van der Waals surface area contributed by atoms with Gasteiger partial charge in [0.05, 0.1) is 0 Å². The highest BCUT2D eigenvalue weighted by Crippen LogP contribution is 2.50. The van der Waals surface area contributed by atoms with Crippen LogP contribution < -0.4 is 11.1 Å². The third-order valence-electron chi connectivity index (χ3n) is 4.24. The molecule has 2 unspecified atom stereocenters. The van der Waals surface area contributed by atoms with Crippen LogP contribution in [0.4, 0.5) is 0 Å². The van der Waals surface area contributed by atoms with Crippen LogP contribution in [0.5, 0.6) is 0 Å². The van der Waals surface area contributed by atoms with Gasteiger partial charge in [-0.15, -0.1) is 0 Å². The summed E-state index contributed by atoms with van der Waals surface area (Å²) in [6.45, 7) is 9.10. The maximum Gasteiger partial charge on any atom is 0.0138 e. The molecule has 14 heavy (non-hydrogen) atoms. The Labute approximate surface area is 86.9 Å². The maximum atomic E-state index is 6.22. The van der Waals surface area contributed by atoms with E-state index >= 15 is 0 Å². The summed E-state index contributed by atoms with van der Waals surface area (Å²) in [5.74, 6) is 0. The largest absolute Gasteiger partial charge is 0.327 e. The van der Waals surface area contributed by atoms with Crippen LogP contribution in [0.3, 0.4) is 0 Å². The molecular weight excluding hydrogens is 172 g/mol. The zero-order chi connectivity index (χ0) is 10.4. The number of hydrogen-bond acceptors (Lipinski definition) is 2. The average molecular weight is 194 g/mol. The van der Waals surface area contributed by atoms with Crippen molar-refractivity contribution in [3.05, 3.63) is 11.6 Å². The molecular formula is C12H22N2. The lowest BCUT2D eigenvalue weighted by molar-refractivity contribution is 0.159. The molecule has 0 bridgehead atoms. The van der Waals surface area contributed by atoms with Crippen LogP contribution in [0.15, 0.2) is 11.6 Å². The molecule has 0 radical (unpaired) electrons. The van der Waals surface area contributed by atoms with Crippen molar-refractivity contribution in [2.75, 3.05) is 13.1 Å². The Hall–Kier alpha value is -0.340. The predicted molar refractivity (Wildman–Crippen MR) is 60.1 cm³/mol. The van der Waals surface area contributed by atoms with E-state index in [1.165, 1.54) is 6.42 Å². The molecule has 1 saturated carbocycles. The monoisotopic (exact) mass is 194 g/mol. The van der Waals surface area contributed by atoms with E-state index < -0.39 is 0 Å². The second kappa shape index (κ2) is 3.07. The van der Waals surface area contributed by atoms with Crippen molar-refractivity contribution >= 4 is 0 Å². The number of rotatable bonds is 0. The minimum Gasteiger partial charge on any atom is -0.327 e. The Morgan fingerprint density at radius 1 is 1.43 bits per heavy atom. The first-order valence-corrected chi connectivity index (χ1v) is 5.64. The van der Waals surface area contributed by atoms with Gasteiger partial charge in [-0.1, -0.05) is 32.4 Å². The second-order valence-electron chi connectivity index (χ2n) is 5.68. The lowest BCUT2D eigenvalue weighted by atomic mass is 9.57. The van der Waals surface area contributed by atoms with E-state index in [0.717, 1.165) is 19.5 Å². The topological polar surface area (TPSA) is 38.0 Å². The molecule has 1 aliphatic heterocycles. The third-order valence-corrected chi connectivity index (χ3v) is 4.24. The van der Waals surface area contributed by atoms with Gasteiger partial charge in [-0.2, -0.15) is 0 Å². The Kier molecular flexibility index (Phi) is 2.24. The molecule has 0 spiro atoms. The molecule has 2 aliphatic rings. The van der Waals surface area contributed by atoms with E-state index in [2.05, 4.69) is 32.2 Å². The van der Waals surface area contributed by atoms with Crippen LogP contribution in [0.25, 0.3) is 0 Å². The molecule has 2 rings (SSSR count). The standard InChI is InChI=1S/C12H22N2/c1-11(2)9-5-7-14-8-12(9,3)6-4-10(11)13/h5,10,14H,4,6-8,13H2,1-3H3. The minimum atomic E-state index is 0.190. The van der Waals surface area contributed by atoms with Gasteiger partial charge >= 0.3 is 0 Å². The Bertz CT molecular complexity index is 267. The summed E-state index contributed by atoms with van der Waals surface area (Å²) in [5, 5.41) is 3.46. The summed E-state index contributed by atoms with van der Waals surface area (Å²) in [6, 6.07) is 0.333. The zero-order valence-corrected chi connectivity index (χ0v) is 9.56. The van der Waals surface area contributed by atoms with Crippen LogP contribution in [0.2, 0.25) is 0 Å². The summed E-state index contributed by atoms with van der Waals surface area (Å²) >= 11 is 0. The highest BCUT2D eigenvalue weighted by Gasteiger charge is 2.46. The first-order chi connectivity index (χ1) is 6.47. The van der Waals surface area contributed by atoms with E-state index in [-0.39, 0.29) is 5.41 Å². The lowest BCUT2D eigenvalue weighted by Crippen LogP contribution is -2.53. The van der Waals surface area contributed by atoms with Gasteiger partial charge in [-0.05, 0) is 12.8 Å². The third kappa shape index (κ3) is 1.32. The van der Waals surface area contributed by atoms with Gasteiger partial charge in [0.15, 0.2) is 0 Å². The Balaban J connectivity index is 2.39. The predicted octanol–water partition coefficient (Wildman–Crippen LogP) is 1.67.